The van der Waals surface area contributed by atoms with E-state index < -0.39 is 0 Å². The monoisotopic (exact) mass is 397 g/mol. The fourth-order valence-corrected chi connectivity index (χ4v) is 3.11. The first-order valence-electron chi connectivity index (χ1n) is 3.60. The quantitative estimate of drug-likeness (QED) is 0.694. The molecular formula is C9H5I2NO. The average molecular weight is 397 g/mol. The van der Waals surface area contributed by atoms with E-state index in [0.717, 1.165) is 18.0 Å². The highest BCUT2D eigenvalue weighted by Gasteiger charge is 2.02. The molecular weight excluding hydrogens is 392 g/mol. The lowest BCUT2D eigenvalue weighted by Gasteiger charge is -2.01. The first kappa shape index (κ1) is 9.45. The molecule has 66 valence electrons. The highest BCUT2D eigenvalue weighted by Crippen LogP contribution is 2.24. The van der Waals surface area contributed by atoms with Crippen molar-refractivity contribution in [2.24, 2.45) is 0 Å². The second-order valence-corrected chi connectivity index (χ2v) is 5.06. The number of hydrogen-bond donors (Lipinski definition) is 1. The summed E-state index contributed by atoms with van der Waals surface area (Å²) >= 11 is 4.50. The van der Waals surface area contributed by atoms with Crippen molar-refractivity contribution >= 4 is 56.1 Å². The molecule has 1 aromatic heterocycles. The van der Waals surface area contributed by atoms with Crippen molar-refractivity contribution in [2.45, 2.75) is 0 Å². The standard InChI is InChI=1S/C9H5I2NO/c10-5-1-8(11)7-3-6(13)4-12-9(7)2-5/h1-4,13H. The lowest BCUT2D eigenvalue weighted by Crippen LogP contribution is -1.83. The van der Waals surface area contributed by atoms with E-state index in [1.54, 1.807) is 6.07 Å². The van der Waals surface area contributed by atoms with Gasteiger partial charge in [0.15, 0.2) is 0 Å². The van der Waals surface area contributed by atoms with Gasteiger partial charge in [-0.25, -0.2) is 0 Å². The maximum Gasteiger partial charge on any atom is 0.134 e. The highest BCUT2D eigenvalue weighted by atomic mass is 127. The predicted octanol–water partition coefficient (Wildman–Crippen LogP) is 3.15. The Bertz CT molecular complexity index is 470. The van der Waals surface area contributed by atoms with Gasteiger partial charge in [-0.3, -0.25) is 4.98 Å². The average Bonchev–Trinajstić information content (AvgIpc) is 2.06. The van der Waals surface area contributed by atoms with Gasteiger partial charge in [0.1, 0.15) is 5.75 Å². The Morgan fingerprint density at radius 1 is 1.15 bits per heavy atom. The molecule has 13 heavy (non-hydrogen) atoms. The van der Waals surface area contributed by atoms with Crippen LogP contribution in [0.1, 0.15) is 0 Å². The van der Waals surface area contributed by atoms with Gasteiger partial charge in [0, 0.05) is 12.5 Å². The normalized spacial score (nSPS) is 10.6. The summed E-state index contributed by atoms with van der Waals surface area (Å²) in [5.74, 6) is 0.214. The molecule has 0 saturated carbocycles. The van der Waals surface area contributed by atoms with Gasteiger partial charge in [0.2, 0.25) is 0 Å². The summed E-state index contributed by atoms with van der Waals surface area (Å²) in [6, 6.07) is 5.79. The molecule has 1 aromatic carbocycles. The van der Waals surface area contributed by atoms with Crippen molar-refractivity contribution in [3.63, 3.8) is 0 Å². The summed E-state index contributed by atoms with van der Waals surface area (Å²) in [5.41, 5.74) is 0.925. The van der Waals surface area contributed by atoms with E-state index in [-0.39, 0.29) is 5.75 Å². The zero-order valence-electron chi connectivity index (χ0n) is 6.46. The molecule has 0 radical (unpaired) electrons. The minimum Gasteiger partial charge on any atom is -0.506 e. The maximum atomic E-state index is 9.26. The van der Waals surface area contributed by atoms with Crippen molar-refractivity contribution in [3.05, 3.63) is 31.5 Å². The minimum atomic E-state index is 0.214. The van der Waals surface area contributed by atoms with Crippen LogP contribution in [0.3, 0.4) is 0 Å². The molecule has 0 bridgehead atoms. The summed E-state index contributed by atoms with van der Waals surface area (Å²) in [7, 11) is 0. The molecule has 4 heteroatoms. The summed E-state index contributed by atoms with van der Waals surface area (Å²) < 4.78 is 2.27. The molecule has 0 aliphatic carbocycles. The topological polar surface area (TPSA) is 33.1 Å². The molecule has 2 rings (SSSR count). The first-order valence-corrected chi connectivity index (χ1v) is 5.76. The number of hydrogen-bond acceptors (Lipinski definition) is 2. The van der Waals surface area contributed by atoms with Gasteiger partial charge in [0.05, 0.1) is 11.7 Å². The van der Waals surface area contributed by atoms with Crippen LogP contribution in [0.15, 0.2) is 24.4 Å². The van der Waals surface area contributed by atoms with E-state index in [9.17, 15) is 5.11 Å². The third-order valence-corrected chi connectivity index (χ3v) is 3.22. The molecule has 1 N–H and O–H groups in total. The predicted molar refractivity (Wildman–Crippen MR) is 68.8 cm³/mol. The molecule has 2 aromatic rings. The zero-order valence-corrected chi connectivity index (χ0v) is 10.8. The first-order chi connectivity index (χ1) is 6.16. The maximum absolute atomic E-state index is 9.26. The fraction of sp³-hybridized carbons (Fsp3) is 0. The van der Waals surface area contributed by atoms with Crippen LogP contribution in [-0.4, -0.2) is 10.1 Å². The lowest BCUT2D eigenvalue weighted by atomic mass is 10.2. The lowest BCUT2D eigenvalue weighted by molar-refractivity contribution is 0.474. The largest absolute Gasteiger partial charge is 0.506 e. The number of aromatic hydroxyl groups is 1. The third-order valence-electron chi connectivity index (χ3n) is 1.70. The van der Waals surface area contributed by atoms with E-state index in [0.29, 0.717) is 0 Å². The van der Waals surface area contributed by atoms with Gasteiger partial charge in [-0.2, -0.15) is 0 Å². The van der Waals surface area contributed by atoms with E-state index in [4.69, 9.17) is 0 Å². The van der Waals surface area contributed by atoms with Crippen LogP contribution in [0.25, 0.3) is 10.9 Å². The summed E-state index contributed by atoms with van der Waals surface area (Å²) in [5, 5.41) is 10.3. The van der Waals surface area contributed by atoms with Crippen LogP contribution < -0.4 is 0 Å². The van der Waals surface area contributed by atoms with Gasteiger partial charge in [-0.1, -0.05) is 0 Å². The Morgan fingerprint density at radius 2 is 1.92 bits per heavy atom. The fourth-order valence-electron chi connectivity index (χ4n) is 1.14. The van der Waals surface area contributed by atoms with Gasteiger partial charge in [-0.15, -0.1) is 0 Å². The molecule has 0 atom stereocenters. The van der Waals surface area contributed by atoms with Gasteiger partial charge < -0.3 is 5.11 Å². The SMILES string of the molecule is Oc1cnc2cc(I)cc(I)c2c1. The van der Waals surface area contributed by atoms with Crippen LogP contribution in [-0.2, 0) is 0 Å². The second kappa shape index (κ2) is 3.56. The van der Waals surface area contributed by atoms with Crippen LogP contribution in [0.4, 0.5) is 0 Å². The van der Waals surface area contributed by atoms with Gasteiger partial charge in [0.25, 0.3) is 0 Å². The van der Waals surface area contributed by atoms with Crippen molar-refractivity contribution in [3.8, 4) is 5.75 Å². The van der Waals surface area contributed by atoms with Gasteiger partial charge >= 0.3 is 0 Å². The zero-order chi connectivity index (χ0) is 9.42. The number of nitrogens with zero attached hydrogens (tertiary/aromatic N) is 1. The molecule has 0 spiro atoms. The highest BCUT2D eigenvalue weighted by molar-refractivity contribution is 14.1. The number of fused-ring (bicyclic) bond motifs is 1. The minimum absolute atomic E-state index is 0.214. The van der Waals surface area contributed by atoms with Crippen molar-refractivity contribution < 1.29 is 5.11 Å². The Morgan fingerprint density at radius 3 is 2.69 bits per heavy atom. The van der Waals surface area contributed by atoms with E-state index in [2.05, 4.69) is 56.2 Å². The van der Waals surface area contributed by atoms with Crippen LogP contribution >= 0.6 is 45.2 Å². The van der Waals surface area contributed by atoms with Crippen molar-refractivity contribution in [2.75, 3.05) is 0 Å². The van der Waals surface area contributed by atoms with Crippen LogP contribution in [0.2, 0.25) is 0 Å². The number of halogens is 2. The van der Waals surface area contributed by atoms with Crippen LogP contribution in [0, 0.1) is 7.14 Å². The summed E-state index contributed by atoms with van der Waals surface area (Å²) in [4.78, 5) is 4.14. The smallest absolute Gasteiger partial charge is 0.134 e. The molecule has 0 aliphatic heterocycles. The molecule has 0 saturated heterocycles. The molecule has 1 heterocycles. The Labute approximate surface area is 103 Å². The Kier molecular flexibility index (Phi) is 2.59. The molecule has 0 aliphatic rings. The molecule has 2 nitrogen and oxygen atoms in total. The van der Waals surface area contributed by atoms with Gasteiger partial charge in [-0.05, 0) is 63.4 Å². The van der Waals surface area contributed by atoms with E-state index in [1.165, 1.54) is 6.20 Å². The van der Waals surface area contributed by atoms with E-state index in [1.807, 2.05) is 6.07 Å². The molecule has 0 unspecified atom stereocenters. The van der Waals surface area contributed by atoms with Crippen LogP contribution in [0.5, 0.6) is 5.75 Å². The second-order valence-electron chi connectivity index (χ2n) is 2.65. The summed E-state index contributed by atoms with van der Waals surface area (Å²) in [6.07, 6.45) is 1.47. The third kappa shape index (κ3) is 1.88. The number of pyridine rings is 1. The number of rotatable bonds is 0. The summed E-state index contributed by atoms with van der Waals surface area (Å²) in [6.45, 7) is 0. The van der Waals surface area contributed by atoms with E-state index >= 15 is 0 Å². The number of aromatic nitrogens is 1. The Hall–Kier alpha value is -0.110. The number of benzene rings is 1. The molecule has 0 fully saturated rings. The van der Waals surface area contributed by atoms with Crippen molar-refractivity contribution in [1.82, 2.24) is 4.98 Å². The van der Waals surface area contributed by atoms with Crippen molar-refractivity contribution in [1.29, 1.82) is 0 Å². The molecule has 0 amide bonds. The Balaban J connectivity index is 2.87.